The van der Waals surface area contributed by atoms with E-state index in [1.165, 1.54) is 0 Å². The Balaban J connectivity index is 3.08. The maximum atomic E-state index is 12.3. The van der Waals surface area contributed by atoms with Gasteiger partial charge in [0.1, 0.15) is 0 Å². The van der Waals surface area contributed by atoms with Gasteiger partial charge in [-0.1, -0.05) is 30.7 Å². The van der Waals surface area contributed by atoms with Crippen LogP contribution in [0.15, 0.2) is 23.2 Å². The van der Waals surface area contributed by atoms with Crippen molar-refractivity contribution in [1.82, 2.24) is 5.32 Å². The van der Waals surface area contributed by atoms with Gasteiger partial charge in [0, 0.05) is 13.1 Å². The van der Waals surface area contributed by atoms with E-state index in [-0.39, 0.29) is 12.0 Å². The highest BCUT2D eigenvalue weighted by Crippen LogP contribution is 2.30. The number of para-hydroxylation sites is 1. The fourth-order valence-electron chi connectivity index (χ4n) is 1.94. The van der Waals surface area contributed by atoms with Gasteiger partial charge in [0.15, 0.2) is 5.96 Å². The molecule has 20 heavy (non-hydrogen) atoms. The molecule has 0 aliphatic heterocycles. The zero-order chi connectivity index (χ0) is 15.1. The number of aliphatic imine (C=N–C) groups is 1. The minimum atomic E-state index is -0.329. The molecule has 0 bridgehead atoms. The van der Waals surface area contributed by atoms with E-state index in [0.717, 1.165) is 17.7 Å². The van der Waals surface area contributed by atoms with Crippen molar-refractivity contribution in [1.29, 1.82) is 0 Å². The van der Waals surface area contributed by atoms with E-state index < -0.39 is 0 Å². The molecule has 6 heteroatoms. The first-order valence-corrected chi connectivity index (χ1v) is 7.08. The third kappa shape index (κ3) is 3.87. The maximum absolute atomic E-state index is 12.3. The molecule has 1 aromatic carbocycles. The largest absolute Gasteiger partial charge is 0.370 e. The van der Waals surface area contributed by atoms with Crippen LogP contribution in [0.2, 0.25) is 5.02 Å². The summed E-state index contributed by atoms with van der Waals surface area (Å²) in [5.74, 6) is 0.112. The van der Waals surface area contributed by atoms with E-state index in [1.807, 2.05) is 32.9 Å². The molecule has 0 aromatic heterocycles. The second-order valence-electron chi connectivity index (χ2n) is 4.14. The number of guanidine groups is 1. The van der Waals surface area contributed by atoms with Gasteiger partial charge >= 0.3 is 6.03 Å². The first-order valence-electron chi connectivity index (χ1n) is 6.70. The van der Waals surface area contributed by atoms with Gasteiger partial charge in [-0.2, -0.15) is 0 Å². The summed E-state index contributed by atoms with van der Waals surface area (Å²) in [5, 5.41) is 3.11. The number of anilines is 1. The number of nitrogens with two attached hydrogens (primary N) is 1. The summed E-state index contributed by atoms with van der Waals surface area (Å²) >= 11 is 6.24. The fraction of sp³-hybridized carbons (Fsp3) is 0.429. The molecule has 0 fully saturated rings. The van der Waals surface area contributed by atoms with Crippen LogP contribution in [0.1, 0.15) is 26.3 Å². The number of amides is 2. The Morgan fingerprint density at radius 2 is 2.10 bits per heavy atom. The van der Waals surface area contributed by atoms with Crippen LogP contribution in [0.4, 0.5) is 10.5 Å². The summed E-state index contributed by atoms with van der Waals surface area (Å²) < 4.78 is 0. The Morgan fingerprint density at radius 3 is 2.65 bits per heavy atom. The molecule has 0 aliphatic carbocycles. The quantitative estimate of drug-likeness (QED) is 0.662. The number of halogens is 1. The average molecular weight is 297 g/mol. The maximum Gasteiger partial charge on any atom is 0.328 e. The Morgan fingerprint density at radius 1 is 1.40 bits per heavy atom. The summed E-state index contributed by atoms with van der Waals surface area (Å²) in [5.41, 5.74) is 7.36. The summed E-state index contributed by atoms with van der Waals surface area (Å²) in [6, 6.07) is 5.28. The van der Waals surface area contributed by atoms with Crippen molar-refractivity contribution in [2.75, 3.05) is 18.0 Å². The molecule has 2 amide bonds. The van der Waals surface area contributed by atoms with Crippen LogP contribution in [0.5, 0.6) is 0 Å². The Labute approximate surface area is 124 Å². The predicted octanol–water partition coefficient (Wildman–Crippen LogP) is 2.77. The lowest BCUT2D eigenvalue weighted by Crippen LogP contribution is -2.46. The van der Waals surface area contributed by atoms with Gasteiger partial charge in [-0.3, -0.25) is 15.2 Å². The topological polar surface area (TPSA) is 70.7 Å². The second-order valence-corrected chi connectivity index (χ2v) is 4.54. The summed E-state index contributed by atoms with van der Waals surface area (Å²) in [7, 11) is 0. The number of carbonyl (C=O) groups is 1. The van der Waals surface area contributed by atoms with Crippen molar-refractivity contribution < 1.29 is 4.79 Å². The average Bonchev–Trinajstić information content (AvgIpc) is 2.41. The molecule has 0 saturated carbocycles. The first kappa shape index (κ1) is 16.3. The lowest BCUT2D eigenvalue weighted by molar-refractivity contribution is 0.250. The van der Waals surface area contributed by atoms with Crippen molar-refractivity contribution in [3.05, 3.63) is 28.8 Å². The number of benzene rings is 1. The van der Waals surface area contributed by atoms with Crippen molar-refractivity contribution in [3.63, 3.8) is 0 Å². The predicted molar refractivity (Wildman–Crippen MR) is 84.5 cm³/mol. The van der Waals surface area contributed by atoms with Gasteiger partial charge in [-0.25, -0.2) is 4.79 Å². The number of nitrogens with one attached hydrogen (secondary N) is 1. The smallest absolute Gasteiger partial charge is 0.328 e. The van der Waals surface area contributed by atoms with E-state index in [0.29, 0.717) is 18.1 Å². The van der Waals surface area contributed by atoms with E-state index in [9.17, 15) is 4.79 Å². The molecule has 0 aliphatic rings. The minimum absolute atomic E-state index is 0.112. The highest BCUT2D eigenvalue weighted by molar-refractivity contribution is 6.34. The molecule has 0 spiro atoms. The summed E-state index contributed by atoms with van der Waals surface area (Å²) in [4.78, 5) is 17.8. The van der Waals surface area contributed by atoms with Gasteiger partial charge in [0.2, 0.25) is 0 Å². The van der Waals surface area contributed by atoms with Crippen molar-refractivity contribution >= 4 is 29.3 Å². The second kappa shape index (κ2) is 7.75. The van der Waals surface area contributed by atoms with Gasteiger partial charge in [0.25, 0.3) is 0 Å². The molecule has 0 heterocycles. The highest BCUT2D eigenvalue weighted by Gasteiger charge is 2.19. The molecular weight excluding hydrogens is 276 g/mol. The molecule has 110 valence electrons. The van der Waals surface area contributed by atoms with Crippen LogP contribution in [0.25, 0.3) is 0 Å². The lowest BCUT2D eigenvalue weighted by Gasteiger charge is -2.24. The number of rotatable bonds is 4. The molecule has 1 aromatic rings. The normalized spacial score (nSPS) is 11.3. The van der Waals surface area contributed by atoms with Gasteiger partial charge in [0.05, 0.1) is 10.7 Å². The SMILES string of the molecule is CCN=C(N)NC(=O)N(CC)c1c(Cl)cccc1CC. The molecule has 3 N–H and O–H groups in total. The zero-order valence-electron chi connectivity index (χ0n) is 12.1. The highest BCUT2D eigenvalue weighted by atomic mass is 35.5. The van der Waals surface area contributed by atoms with E-state index in [4.69, 9.17) is 17.3 Å². The number of aryl methyl sites for hydroxylation is 1. The van der Waals surface area contributed by atoms with Crippen molar-refractivity contribution in [2.24, 2.45) is 10.7 Å². The first-order chi connectivity index (χ1) is 9.54. The van der Waals surface area contributed by atoms with Gasteiger partial charge in [-0.05, 0) is 31.9 Å². The van der Waals surface area contributed by atoms with Crippen LogP contribution in [-0.4, -0.2) is 25.1 Å². The molecule has 1 rings (SSSR count). The van der Waals surface area contributed by atoms with Crippen LogP contribution in [-0.2, 0) is 6.42 Å². The third-order valence-corrected chi connectivity index (χ3v) is 3.15. The van der Waals surface area contributed by atoms with E-state index in [1.54, 1.807) is 11.0 Å². The molecule has 0 saturated heterocycles. The minimum Gasteiger partial charge on any atom is -0.370 e. The monoisotopic (exact) mass is 296 g/mol. The lowest BCUT2D eigenvalue weighted by atomic mass is 10.1. The fourth-order valence-corrected chi connectivity index (χ4v) is 2.23. The van der Waals surface area contributed by atoms with Crippen LogP contribution < -0.4 is 16.0 Å². The van der Waals surface area contributed by atoms with Crippen molar-refractivity contribution in [2.45, 2.75) is 27.2 Å². The standard InChI is InChI=1S/C14H21ClN4O/c1-4-10-8-7-9-11(15)12(10)19(6-3)14(20)18-13(16)17-5-2/h7-9H,4-6H2,1-3H3,(H3,16,17,18,20). The van der Waals surface area contributed by atoms with E-state index in [2.05, 4.69) is 10.3 Å². The zero-order valence-corrected chi connectivity index (χ0v) is 12.9. The van der Waals surface area contributed by atoms with Crippen LogP contribution in [0, 0.1) is 0 Å². The van der Waals surface area contributed by atoms with Crippen molar-refractivity contribution in [3.8, 4) is 0 Å². The number of nitrogens with zero attached hydrogens (tertiary/aromatic N) is 2. The molecular formula is C14H21ClN4O. The number of hydrogen-bond acceptors (Lipinski definition) is 2. The molecule has 0 unspecified atom stereocenters. The van der Waals surface area contributed by atoms with Crippen LogP contribution >= 0.6 is 11.6 Å². The summed E-state index contributed by atoms with van der Waals surface area (Å²) in [6.07, 6.45) is 0.790. The van der Waals surface area contributed by atoms with Gasteiger partial charge in [-0.15, -0.1) is 0 Å². The molecule has 0 atom stereocenters. The van der Waals surface area contributed by atoms with E-state index >= 15 is 0 Å². The van der Waals surface area contributed by atoms with Crippen LogP contribution in [0.3, 0.4) is 0 Å². The number of urea groups is 1. The Bertz CT molecular complexity index is 502. The number of carbonyl (C=O) groups excluding carboxylic acids is 1. The third-order valence-electron chi connectivity index (χ3n) is 2.85. The summed E-state index contributed by atoms with van der Waals surface area (Å²) in [6.45, 7) is 6.76. The van der Waals surface area contributed by atoms with Gasteiger partial charge < -0.3 is 5.73 Å². The molecule has 5 nitrogen and oxygen atoms in total. The molecule has 0 radical (unpaired) electrons. The Kier molecular flexibility index (Phi) is 6.31. The number of hydrogen-bond donors (Lipinski definition) is 2. The Hall–Kier alpha value is -1.75.